The lowest BCUT2D eigenvalue weighted by molar-refractivity contribution is 1.08. The topological polar surface area (TPSA) is 49.8 Å². The van der Waals surface area contributed by atoms with Gasteiger partial charge in [-0.25, -0.2) is 0 Å². The highest BCUT2D eigenvalue weighted by Gasteiger charge is 2.17. The molecule has 2 rings (SSSR count). The molecule has 1 aromatic rings. The van der Waals surface area contributed by atoms with Crippen molar-refractivity contribution in [2.75, 3.05) is 5.73 Å². The van der Waals surface area contributed by atoms with Crippen LogP contribution in [0.15, 0.2) is 18.2 Å². The maximum absolute atomic E-state index is 8.59. The molecule has 1 aliphatic rings. The molecule has 0 unspecified atom stereocenters. The number of halogens is 1. The number of rotatable bonds is 0. The van der Waals surface area contributed by atoms with E-state index in [1.54, 1.807) is 6.08 Å². The van der Waals surface area contributed by atoms with Gasteiger partial charge >= 0.3 is 0 Å². The SMILES string of the molecule is N#C/C=C1/CCc2cc(Cl)c(N)cc21. The monoisotopic (exact) mass is 204 g/mol. The second-order valence-electron chi connectivity index (χ2n) is 3.33. The van der Waals surface area contributed by atoms with Gasteiger partial charge in [-0.1, -0.05) is 11.6 Å². The first-order valence-electron chi connectivity index (χ1n) is 4.39. The molecule has 0 bridgehead atoms. The minimum absolute atomic E-state index is 0.580. The summed E-state index contributed by atoms with van der Waals surface area (Å²) in [4.78, 5) is 0. The molecule has 0 aromatic heterocycles. The number of nitrogens with zero attached hydrogens (tertiary/aromatic N) is 1. The molecular formula is C11H9ClN2. The number of anilines is 1. The van der Waals surface area contributed by atoms with E-state index in [-0.39, 0.29) is 0 Å². The first kappa shape index (κ1) is 9.11. The van der Waals surface area contributed by atoms with Crippen molar-refractivity contribution in [2.45, 2.75) is 12.8 Å². The molecule has 70 valence electrons. The normalized spacial score (nSPS) is 16.7. The van der Waals surface area contributed by atoms with Gasteiger partial charge in [0.15, 0.2) is 0 Å². The van der Waals surface area contributed by atoms with E-state index in [2.05, 4.69) is 0 Å². The summed E-state index contributed by atoms with van der Waals surface area (Å²) in [7, 11) is 0. The number of nitrogens with two attached hydrogens (primary N) is 1. The Labute approximate surface area is 87.6 Å². The Morgan fingerprint density at radius 1 is 1.43 bits per heavy atom. The van der Waals surface area contributed by atoms with Crippen LogP contribution in [0.25, 0.3) is 5.57 Å². The molecule has 0 aliphatic heterocycles. The van der Waals surface area contributed by atoms with E-state index in [0.29, 0.717) is 10.7 Å². The molecular weight excluding hydrogens is 196 g/mol. The number of nitrogen functional groups attached to an aromatic ring is 1. The van der Waals surface area contributed by atoms with Gasteiger partial charge in [0.1, 0.15) is 0 Å². The summed E-state index contributed by atoms with van der Waals surface area (Å²) >= 11 is 5.91. The molecule has 3 heteroatoms. The van der Waals surface area contributed by atoms with E-state index in [0.717, 1.165) is 24.0 Å². The number of aryl methyl sites for hydroxylation is 1. The number of nitriles is 1. The quantitative estimate of drug-likeness (QED) is 0.522. The fraction of sp³-hybridized carbons (Fsp3) is 0.182. The number of fused-ring (bicyclic) bond motifs is 1. The molecule has 0 atom stereocenters. The Morgan fingerprint density at radius 3 is 2.93 bits per heavy atom. The predicted octanol–water partition coefficient (Wildman–Crippen LogP) is 2.78. The fourth-order valence-electron chi connectivity index (χ4n) is 1.77. The maximum atomic E-state index is 8.59. The van der Waals surface area contributed by atoms with Crippen molar-refractivity contribution < 1.29 is 0 Å². The fourth-order valence-corrected chi connectivity index (χ4v) is 1.96. The van der Waals surface area contributed by atoms with Crippen LogP contribution in [0.4, 0.5) is 5.69 Å². The van der Waals surface area contributed by atoms with E-state index in [1.165, 1.54) is 5.56 Å². The highest BCUT2D eigenvalue weighted by Crippen LogP contribution is 2.36. The second-order valence-corrected chi connectivity index (χ2v) is 3.74. The van der Waals surface area contributed by atoms with Gasteiger partial charge in [0.2, 0.25) is 0 Å². The Morgan fingerprint density at radius 2 is 2.21 bits per heavy atom. The molecule has 14 heavy (non-hydrogen) atoms. The highest BCUT2D eigenvalue weighted by molar-refractivity contribution is 6.33. The highest BCUT2D eigenvalue weighted by atomic mass is 35.5. The molecule has 0 saturated heterocycles. The molecule has 2 nitrogen and oxygen atoms in total. The van der Waals surface area contributed by atoms with Crippen LogP contribution in [0.5, 0.6) is 0 Å². The second kappa shape index (κ2) is 3.36. The summed E-state index contributed by atoms with van der Waals surface area (Å²) in [6.07, 6.45) is 3.44. The van der Waals surface area contributed by atoms with Gasteiger partial charge in [-0.05, 0) is 41.7 Å². The average molecular weight is 205 g/mol. The molecule has 0 radical (unpaired) electrons. The third-order valence-corrected chi connectivity index (χ3v) is 2.80. The number of hydrogen-bond acceptors (Lipinski definition) is 2. The summed E-state index contributed by atoms with van der Waals surface area (Å²) in [6, 6.07) is 5.80. The predicted molar refractivity (Wildman–Crippen MR) is 57.8 cm³/mol. The van der Waals surface area contributed by atoms with Crippen molar-refractivity contribution in [1.29, 1.82) is 5.26 Å². The van der Waals surface area contributed by atoms with E-state index < -0.39 is 0 Å². The Balaban J connectivity index is 2.57. The van der Waals surface area contributed by atoms with Crippen LogP contribution < -0.4 is 5.73 Å². The van der Waals surface area contributed by atoms with Gasteiger partial charge in [-0.15, -0.1) is 0 Å². The lowest BCUT2D eigenvalue weighted by atomic mass is 10.1. The Kier molecular flexibility index (Phi) is 2.18. The van der Waals surface area contributed by atoms with Gasteiger partial charge in [0, 0.05) is 6.08 Å². The van der Waals surface area contributed by atoms with Crippen LogP contribution >= 0.6 is 11.6 Å². The molecule has 0 amide bonds. The van der Waals surface area contributed by atoms with Crippen LogP contribution in [0, 0.1) is 11.3 Å². The average Bonchev–Trinajstić information content (AvgIpc) is 2.51. The lowest BCUT2D eigenvalue weighted by Gasteiger charge is -2.03. The summed E-state index contributed by atoms with van der Waals surface area (Å²) in [6.45, 7) is 0. The van der Waals surface area contributed by atoms with Crippen LogP contribution in [0.1, 0.15) is 17.5 Å². The van der Waals surface area contributed by atoms with Gasteiger partial charge in [-0.3, -0.25) is 0 Å². The van der Waals surface area contributed by atoms with Crippen molar-refractivity contribution in [2.24, 2.45) is 0 Å². The minimum atomic E-state index is 0.580. The van der Waals surface area contributed by atoms with Crippen LogP contribution in [-0.2, 0) is 6.42 Å². The van der Waals surface area contributed by atoms with E-state index >= 15 is 0 Å². The van der Waals surface area contributed by atoms with Gasteiger partial charge in [0.25, 0.3) is 0 Å². The Hall–Kier alpha value is -1.46. The molecule has 2 N–H and O–H groups in total. The smallest absolute Gasteiger partial charge is 0.0915 e. The molecule has 0 saturated carbocycles. The number of hydrogen-bond donors (Lipinski definition) is 1. The molecule has 1 aromatic carbocycles. The number of allylic oxidation sites excluding steroid dienone is 2. The maximum Gasteiger partial charge on any atom is 0.0915 e. The van der Waals surface area contributed by atoms with Crippen molar-refractivity contribution in [1.82, 2.24) is 0 Å². The summed E-state index contributed by atoms with van der Waals surface area (Å²) in [5.41, 5.74) is 9.61. The zero-order valence-corrected chi connectivity index (χ0v) is 8.30. The molecule has 0 spiro atoms. The summed E-state index contributed by atoms with van der Waals surface area (Å²) in [5.74, 6) is 0. The minimum Gasteiger partial charge on any atom is -0.398 e. The molecule has 0 heterocycles. The largest absolute Gasteiger partial charge is 0.398 e. The van der Waals surface area contributed by atoms with E-state index in [1.807, 2.05) is 18.2 Å². The Bertz CT molecular complexity index is 455. The van der Waals surface area contributed by atoms with Crippen molar-refractivity contribution in [3.63, 3.8) is 0 Å². The van der Waals surface area contributed by atoms with Crippen LogP contribution in [-0.4, -0.2) is 0 Å². The van der Waals surface area contributed by atoms with E-state index in [4.69, 9.17) is 22.6 Å². The summed E-state index contributed by atoms with van der Waals surface area (Å²) in [5, 5.41) is 9.19. The third-order valence-electron chi connectivity index (χ3n) is 2.47. The number of benzene rings is 1. The molecule has 1 aliphatic carbocycles. The third kappa shape index (κ3) is 1.36. The van der Waals surface area contributed by atoms with Crippen LogP contribution in [0.2, 0.25) is 5.02 Å². The zero-order valence-electron chi connectivity index (χ0n) is 7.55. The van der Waals surface area contributed by atoms with Crippen molar-refractivity contribution in [3.05, 3.63) is 34.4 Å². The molecule has 0 fully saturated rings. The van der Waals surface area contributed by atoms with Crippen molar-refractivity contribution in [3.8, 4) is 6.07 Å². The van der Waals surface area contributed by atoms with Gasteiger partial charge in [0.05, 0.1) is 16.8 Å². The van der Waals surface area contributed by atoms with E-state index in [9.17, 15) is 0 Å². The van der Waals surface area contributed by atoms with Crippen molar-refractivity contribution >= 4 is 22.9 Å². The summed E-state index contributed by atoms with van der Waals surface area (Å²) < 4.78 is 0. The van der Waals surface area contributed by atoms with Gasteiger partial charge in [-0.2, -0.15) is 5.26 Å². The zero-order chi connectivity index (χ0) is 10.1. The van der Waals surface area contributed by atoms with Crippen LogP contribution in [0.3, 0.4) is 0 Å². The standard InChI is InChI=1S/C11H9ClN2/c12-10-5-8-2-1-7(3-4-13)9(8)6-11(10)14/h3,5-6H,1-2,14H2/b7-3-. The van der Waals surface area contributed by atoms with Gasteiger partial charge < -0.3 is 5.73 Å². The lowest BCUT2D eigenvalue weighted by Crippen LogP contribution is -1.90. The first-order valence-corrected chi connectivity index (χ1v) is 4.77. The first-order chi connectivity index (χ1) is 6.72.